The van der Waals surface area contributed by atoms with Gasteiger partial charge in [-0.2, -0.15) is 0 Å². The van der Waals surface area contributed by atoms with Crippen LogP contribution in [0.4, 0.5) is 10.5 Å². The normalized spacial score (nSPS) is 15.3. The molecule has 3 aromatic rings. The quantitative estimate of drug-likeness (QED) is 0.568. The second-order valence-electron chi connectivity index (χ2n) is 6.97. The van der Waals surface area contributed by atoms with Gasteiger partial charge in [0.1, 0.15) is 6.54 Å². The van der Waals surface area contributed by atoms with Crippen LogP contribution in [-0.2, 0) is 20.9 Å². The van der Waals surface area contributed by atoms with Gasteiger partial charge in [-0.3, -0.25) is 19.3 Å². The van der Waals surface area contributed by atoms with Gasteiger partial charge in [-0.05, 0) is 36.0 Å². The number of hydrogen-bond acceptors (Lipinski definition) is 5. The zero-order chi connectivity index (χ0) is 21.8. The predicted molar refractivity (Wildman–Crippen MR) is 122 cm³/mol. The van der Waals surface area contributed by atoms with Gasteiger partial charge in [0.25, 0.3) is 11.1 Å². The number of anilines is 1. The van der Waals surface area contributed by atoms with Gasteiger partial charge in [-0.15, -0.1) is 0 Å². The van der Waals surface area contributed by atoms with Crippen molar-refractivity contribution in [3.8, 4) is 0 Å². The van der Waals surface area contributed by atoms with Gasteiger partial charge in [-0.25, -0.2) is 0 Å². The fourth-order valence-electron chi connectivity index (χ4n) is 3.41. The van der Waals surface area contributed by atoms with Gasteiger partial charge < -0.3 is 14.6 Å². The SMILES string of the molecule is COCCN1C(=O)S/C(=C/c2cn(CC(=O)Nc3ccccc3)c3ccccc23)C1=O. The predicted octanol–water partition coefficient (Wildman–Crippen LogP) is 3.96. The first-order valence-corrected chi connectivity index (χ1v) is 10.6. The molecule has 31 heavy (non-hydrogen) atoms. The average Bonchev–Trinajstić information content (AvgIpc) is 3.24. The maximum Gasteiger partial charge on any atom is 0.293 e. The third-order valence-corrected chi connectivity index (χ3v) is 5.78. The fraction of sp³-hybridized carbons (Fsp3) is 0.174. The minimum atomic E-state index is -0.328. The van der Waals surface area contributed by atoms with Gasteiger partial charge in [0, 0.05) is 35.5 Å². The van der Waals surface area contributed by atoms with Crippen LogP contribution in [0.5, 0.6) is 0 Å². The van der Waals surface area contributed by atoms with Crippen LogP contribution >= 0.6 is 11.8 Å². The highest BCUT2D eigenvalue weighted by atomic mass is 32.2. The summed E-state index contributed by atoms with van der Waals surface area (Å²) in [6.07, 6.45) is 3.55. The van der Waals surface area contributed by atoms with Crippen molar-refractivity contribution in [3.05, 3.63) is 71.3 Å². The molecule has 1 fully saturated rings. The van der Waals surface area contributed by atoms with Crippen LogP contribution in [0.3, 0.4) is 0 Å². The summed E-state index contributed by atoms with van der Waals surface area (Å²) in [5.41, 5.74) is 2.38. The van der Waals surface area contributed by atoms with Crippen LogP contribution in [0, 0.1) is 0 Å². The topological polar surface area (TPSA) is 80.6 Å². The fourth-order valence-corrected chi connectivity index (χ4v) is 4.27. The van der Waals surface area contributed by atoms with Crippen LogP contribution < -0.4 is 5.32 Å². The number of ether oxygens (including phenoxy) is 1. The number of aromatic nitrogens is 1. The zero-order valence-corrected chi connectivity index (χ0v) is 17.7. The summed E-state index contributed by atoms with van der Waals surface area (Å²) in [5, 5.41) is 3.47. The van der Waals surface area contributed by atoms with E-state index in [1.807, 2.05) is 65.4 Å². The number of rotatable bonds is 7. The molecule has 0 spiro atoms. The number of methoxy groups -OCH3 is 1. The number of amides is 3. The largest absolute Gasteiger partial charge is 0.383 e. The number of benzene rings is 2. The van der Waals surface area contributed by atoms with E-state index in [0.717, 1.165) is 33.9 Å². The molecule has 3 amide bonds. The molecule has 0 unspecified atom stereocenters. The monoisotopic (exact) mass is 435 g/mol. The van der Waals surface area contributed by atoms with E-state index in [1.165, 1.54) is 12.0 Å². The molecule has 1 N–H and O–H groups in total. The van der Waals surface area contributed by atoms with Gasteiger partial charge in [-0.1, -0.05) is 36.4 Å². The number of imide groups is 1. The van der Waals surface area contributed by atoms with Crippen molar-refractivity contribution in [2.24, 2.45) is 0 Å². The molecule has 0 bridgehead atoms. The van der Waals surface area contributed by atoms with Crippen LogP contribution in [0.2, 0.25) is 0 Å². The van der Waals surface area contributed by atoms with Crippen LogP contribution in [0.25, 0.3) is 17.0 Å². The molecular weight excluding hydrogens is 414 g/mol. The molecule has 0 saturated carbocycles. The number of nitrogens with zero attached hydrogens (tertiary/aromatic N) is 2. The molecule has 1 aromatic heterocycles. The Bertz CT molecular complexity index is 1170. The van der Waals surface area contributed by atoms with Crippen LogP contribution in [0.15, 0.2) is 65.7 Å². The maximum atomic E-state index is 12.6. The lowest BCUT2D eigenvalue weighted by Crippen LogP contribution is -2.31. The summed E-state index contributed by atoms with van der Waals surface area (Å²) in [5.74, 6) is -0.482. The van der Waals surface area contributed by atoms with Crippen molar-refractivity contribution < 1.29 is 19.1 Å². The Balaban J connectivity index is 1.60. The third-order valence-electron chi connectivity index (χ3n) is 4.87. The Labute approximate surface area is 183 Å². The molecule has 8 heteroatoms. The molecule has 0 aliphatic carbocycles. The van der Waals surface area contributed by atoms with E-state index in [2.05, 4.69) is 5.32 Å². The number of thioether (sulfide) groups is 1. The van der Waals surface area contributed by atoms with Crippen molar-refractivity contribution in [3.63, 3.8) is 0 Å². The second kappa shape index (κ2) is 9.20. The first kappa shape index (κ1) is 20.9. The summed E-state index contributed by atoms with van der Waals surface area (Å²) < 4.78 is 6.82. The van der Waals surface area contributed by atoms with Gasteiger partial charge in [0.15, 0.2) is 0 Å². The molecule has 158 valence electrons. The second-order valence-corrected chi connectivity index (χ2v) is 7.96. The highest BCUT2D eigenvalue weighted by Crippen LogP contribution is 2.34. The number of fused-ring (bicyclic) bond motifs is 1. The number of carbonyl (C=O) groups excluding carboxylic acids is 3. The van der Waals surface area contributed by atoms with E-state index in [1.54, 1.807) is 6.08 Å². The molecule has 4 rings (SSSR count). The first-order chi connectivity index (χ1) is 15.1. The highest BCUT2D eigenvalue weighted by molar-refractivity contribution is 8.18. The van der Waals surface area contributed by atoms with Gasteiger partial charge in [0.2, 0.25) is 5.91 Å². The standard InChI is InChI=1S/C23H21N3O4S/c1-30-12-11-26-22(28)20(31-23(26)29)13-16-14-25(19-10-6-5-9-18(16)19)15-21(27)24-17-7-3-2-4-8-17/h2-10,13-14H,11-12,15H2,1H3,(H,24,27)/b20-13+. The van der Waals surface area contributed by atoms with E-state index in [-0.39, 0.29) is 30.1 Å². The lowest BCUT2D eigenvalue weighted by atomic mass is 10.1. The van der Waals surface area contributed by atoms with E-state index in [4.69, 9.17) is 4.74 Å². The Morgan fingerprint density at radius 2 is 1.84 bits per heavy atom. The summed E-state index contributed by atoms with van der Waals surface area (Å²) in [4.78, 5) is 38.9. The van der Waals surface area contributed by atoms with Gasteiger partial charge in [0.05, 0.1) is 18.1 Å². The average molecular weight is 436 g/mol. The van der Waals surface area contributed by atoms with E-state index < -0.39 is 0 Å². The maximum absolute atomic E-state index is 12.6. The minimum Gasteiger partial charge on any atom is -0.383 e. The highest BCUT2D eigenvalue weighted by Gasteiger charge is 2.34. The smallest absolute Gasteiger partial charge is 0.293 e. The Hall–Kier alpha value is -3.36. The lowest BCUT2D eigenvalue weighted by molar-refractivity contribution is -0.123. The Morgan fingerprint density at radius 3 is 2.61 bits per heavy atom. The Kier molecular flexibility index (Phi) is 6.20. The van der Waals surface area contributed by atoms with Crippen molar-refractivity contribution in [2.45, 2.75) is 6.54 Å². The summed E-state index contributed by atoms with van der Waals surface area (Å²) in [6, 6.07) is 16.9. The lowest BCUT2D eigenvalue weighted by Gasteiger charge is -2.10. The molecule has 2 heterocycles. The van der Waals surface area contributed by atoms with Crippen LogP contribution in [0.1, 0.15) is 5.56 Å². The number of nitrogens with one attached hydrogen (secondary N) is 1. The van der Waals surface area contributed by atoms with Crippen LogP contribution in [-0.4, -0.2) is 46.8 Å². The molecule has 1 aliphatic heterocycles. The van der Waals surface area contributed by atoms with Crippen molar-refractivity contribution in [1.82, 2.24) is 9.47 Å². The Morgan fingerprint density at radius 1 is 1.10 bits per heavy atom. The molecule has 7 nitrogen and oxygen atoms in total. The molecule has 2 aromatic carbocycles. The van der Waals surface area contributed by atoms with Crippen molar-refractivity contribution in [1.29, 1.82) is 0 Å². The molecular formula is C23H21N3O4S. The molecule has 1 aliphatic rings. The number of hydrogen-bond donors (Lipinski definition) is 1. The third kappa shape index (κ3) is 4.55. The number of para-hydroxylation sites is 2. The molecule has 1 saturated heterocycles. The summed E-state index contributed by atoms with van der Waals surface area (Å²) >= 11 is 0.915. The van der Waals surface area contributed by atoms with E-state index >= 15 is 0 Å². The first-order valence-electron chi connectivity index (χ1n) is 9.74. The van der Waals surface area contributed by atoms with Crippen molar-refractivity contribution in [2.75, 3.05) is 25.6 Å². The molecule has 0 radical (unpaired) electrons. The number of carbonyl (C=O) groups is 3. The minimum absolute atomic E-state index is 0.124. The summed E-state index contributed by atoms with van der Waals surface area (Å²) in [6.45, 7) is 0.639. The van der Waals surface area contributed by atoms with E-state index in [9.17, 15) is 14.4 Å². The summed E-state index contributed by atoms with van der Waals surface area (Å²) in [7, 11) is 1.53. The van der Waals surface area contributed by atoms with Gasteiger partial charge >= 0.3 is 0 Å². The van der Waals surface area contributed by atoms with Crippen molar-refractivity contribution >= 4 is 51.5 Å². The zero-order valence-electron chi connectivity index (χ0n) is 16.9. The molecule has 0 atom stereocenters. The van der Waals surface area contributed by atoms with E-state index in [0.29, 0.717) is 11.5 Å².